The van der Waals surface area contributed by atoms with Gasteiger partial charge in [0.25, 0.3) is 0 Å². The number of piperidine rings is 1. The summed E-state index contributed by atoms with van der Waals surface area (Å²) in [7, 11) is -3.73. The number of anilines is 4. The number of aryl methyl sites for hydroxylation is 1. The zero-order chi connectivity index (χ0) is 28.5. The lowest BCUT2D eigenvalue weighted by Crippen LogP contribution is -2.51. The summed E-state index contributed by atoms with van der Waals surface area (Å²) in [6, 6.07) is 10.5. The van der Waals surface area contributed by atoms with Crippen LogP contribution >= 0.6 is 0 Å². The van der Waals surface area contributed by atoms with Crippen molar-refractivity contribution in [1.29, 1.82) is 0 Å². The van der Waals surface area contributed by atoms with Crippen LogP contribution in [0.4, 0.5) is 31.9 Å². The lowest BCUT2D eigenvalue weighted by atomic mass is 9.92. The van der Waals surface area contributed by atoms with E-state index in [-0.39, 0.29) is 35.6 Å². The number of likely N-dealkylation sites (tertiary alicyclic amines) is 1. The quantitative estimate of drug-likeness (QED) is 0.364. The molecule has 0 spiro atoms. The highest BCUT2D eigenvalue weighted by atomic mass is 32.2. The molecule has 1 atom stereocenters. The summed E-state index contributed by atoms with van der Waals surface area (Å²) in [4.78, 5) is 10.5. The second-order valence-corrected chi connectivity index (χ2v) is 12.8. The number of sulfonamides is 1. The molecule has 0 unspecified atom stereocenters. The first-order chi connectivity index (χ1) is 19.0. The second kappa shape index (κ2) is 11.4. The maximum Gasteiger partial charge on any atom is 0.243 e. The van der Waals surface area contributed by atoms with Crippen LogP contribution < -0.4 is 10.6 Å². The summed E-state index contributed by atoms with van der Waals surface area (Å²) >= 11 is 0. The van der Waals surface area contributed by atoms with Crippen molar-refractivity contribution in [2.75, 3.05) is 43.4 Å². The van der Waals surface area contributed by atoms with Gasteiger partial charge >= 0.3 is 0 Å². The fraction of sp³-hybridized carbons (Fsp3) is 0.429. The largest absolute Gasteiger partial charge is 0.388 e. The number of benzene rings is 2. The van der Waals surface area contributed by atoms with Gasteiger partial charge < -0.3 is 20.6 Å². The van der Waals surface area contributed by atoms with E-state index in [1.165, 1.54) is 28.6 Å². The Morgan fingerprint density at radius 2 is 1.73 bits per heavy atom. The van der Waals surface area contributed by atoms with Crippen LogP contribution in [0.5, 0.6) is 0 Å². The molecule has 2 saturated heterocycles. The Morgan fingerprint density at radius 3 is 2.38 bits per heavy atom. The van der Waals surface area contributed by atoms with Crippen LogP contribution in [-0.4, -0.2) is 71.0 Å². The summed E-state index contributed by atoms with van der Waals surface area (Å²) in [6.45, 7) is 6.86. The molecule has 2 aliphatic heterocycles. The van der Waals surface area contributed by atoms with Gasteiger partial charge in [-0.05, 0) is 86.7 Å². The van der Waals surface area contributed by atoms with Gasteiger partial charge in [-0.1, -0.05) is 6.92 Å². The van der Waals surface area contributed by atoms with E-state index < -0.39 is 21.4 Å². The van der Waals surface area contributed by atoms with Crippen molar-refractivity contribution < 1.29 is 22.3 Å². The molecular formula is C28H34F2N6O3S. The smallest absolute Gasteiger partial charge is 0.243 e. The molecule has 40 heavy (non-hydrogen) atoms. The zero-order valence-electron chi connectivity index (χ0n) is 22.6. The SMILES string of the molecule is Cc1cc(Nc2nc(Nc3ccc(S(=O)(=O)N4CCC(O)(CN5CC[C@@H](C)C5)CC4)cc3)ncc2F)ccc1F. The maximum atomic E-state index is 14.3. The topological polar surface area (TPSA) is 111 Å². The third-order valence-electron chi connectivity index (χ3n) is 7.59. The van der Waals surface area contributed by atoms with Crippen LogP contribution in [0, 0.1) is 24.5 Å². The van der Waals surface area contributed by atoms with Gasteiger partial charge in [-0.15, -0.1) is 0 Å². The number of aromatic nitrogens is 2. The Labute approximate surface area is 233 Å². The first-order valence-corrected chi connectivity index (χ1v) is 14.8. The summed E-state index contributed by atoms with van der Waals surface area (Å²) in [5, 5.41) is 16.8. The fourth-order valence-corrected chi connectivity index (χ4v) is 6.69. The van der Waals surface area contributed by atoms with Crippen LogP contribution in [-0.2, 0) is 10.0 Å². The lowest BCUT2D eigenvalue weighted by molar-refractivity contribution is -0.0289. The van der Waals surface area contributed by atoms with Crippen molar-refractivity contribution in [2.45, 2.75) is 43.6 Å². The second-order valence-electron chi connectivity index (χ2n) is 10.9. The van der Waals surface area contributed by atoms with E-state index >= 15 is 0 Å². The lowest BCUT2D eigenvalue weighted by Gasteiger charge is -2.39. The molecule has 9 nitrogen and oxygen atoms in total. The Morgan fingerprint density at radius 1 is 1.02 bits per heavy atom. The number of hydrogen-bond donors (Lipinski definition) is 3. The van der Waals surface area contributed by atoms with E-state index in [1.54, 1.807) is 25.1 Å². The summed E-state index contributed by atoms with van der Waals surface area (Å²) in [5.41, 5.74) is 0.521. The van der Waals surface area contributed by atoms with Gasteiger partial charge in [-0.3, -0.25) is 0 Å². The van der Waals surface area contributed by atoms with E-state index in [1.807, 2.05) is 0 Å². The molecule has 3 heterocycles. The highest BCUT2D eigenvalue weighted by Crippen LogP contribution is 2.30. The molecule has 5 rings (SSSR count). The molecule has 1 aromatic heterocycles. The highest BCUT2D eigenvalue weighted by molar-refractivity contribution is 7.89. The Kier molecular flexibility index (Phi) is 8.05. The molecular weight excluding hydrogens is 538 g/mol. The van der Waals surface area contributed by atoms with Crippen LogP contribution in [0.1, 0.15) is 31.7 Å². The minimum atomic E-state index is -3.73. The normalized spacial score (nSPS) is 20.0. The highest BCUT2D eigenvalue weighted by Gasteiger charge is 2.39. The van der Waals surface area contributed by atoms with Gasteiger partial charge in [0, 0.05) is 37.6 Å². The van der Waals surface area contributed by atoms with Gasteiger partial charge in [0.05, 0.1) is 16.7 Å². The number of aliphatic hydroxyl groups is 1. The van der Waals surface area contributed by atoms with E-state index in [0.717, 1.165) is 25.7 Å². The first kappa shape index (κ1) is 28.3. The minimum absolute atomic E-state index is 0.0907. The van der Waals surface area contributed by atoms with E-state index in [4.69, 9.17) is 0 Å². The number of halogens is 2. The molecule has 3 aromatic rings. The third-order valence-corrected chi connectivity index (χ3v) is 9.50. The van der Waals surface area contributed by atoms with Gasteiger partial charge in [-0.2, -0.15) is 9.29 Å². The van der Waals surface area contributed by atoms with E-state index in [0.29, 0.717) is 42.2 Å². The van der Waals surface area contributed by atoms with Gasteiger partial charge in [0.15, 0.2) is 11.6 Å². The molecule has 2 fully saturated rings. The number of nitrogens with zero attached hydrogens (tertiary/aromatic N) is 4. The van der Waals surface area contributed by atoms with E-state index in [9.17, 15) is 22.3 Å². The van der Waals surface area contributed by atoms with Crippen LogP contribution in [0.2, 0.25) is 0 Å². The number of hydrogen-bond acceptors (Lipinski definition) is 8. The number of β-amino-alcohol motifs (C(OH)–C–C–N with tert-alkyl or cyclic N) is 1. The van der Waals surface area contributed by atoms with Gasteiger partial charge in [-0.25, -0.2) is 22.2 Å². The van der Waals surface area contributed by atoms with Crippen molar-refractivity contribution in [3.05, 3.63) is 65.9 Å². The summed E-state index contributed by atoms with van der Waals surface area (Å²) in [5.74, 6) is -0.415. The van der Waals surface area contributed by atoms with Crippen LogP contribution in [0.25, 0.3) is 0 Å². The summed E-state index contributed by atoms with van der Waals surface area (Å²) in [6.07, 6.45) is 2.93. The third kappa shape index (κ3) is 6.41. The molecule has 0 aliphatic carbocycles. The molecule has 0 saturated carbocycles. The average molecular weight is 573 g/mol. The molecule has 3 N–H and O–H groups in total. The minimum Gasteiger partial charge on any atom is -0.388 e. The van der Waals surface area contributed by atoms with Gasteiger partial charge in [0.2, 0.25) is 16.0 Å². The van der Waals surface area contributed by atoms with Crippen molar-refractivity contribution in [2.24, 2.45) is 5.92 Å². The molecule has 214 valence electrons. The fourth-order valence-electron chi connectivity index (χ4n) is 5.25. The molecule has 2 aromatic carbocycles. The first-order valence-electron chi connectivity index (χ1n) is 13.4. The predicted molar refractivity (Wildman–Crippen MR) is 149 cm³/mol. The van der Waals surface area contributed by atoms with Crippen molar-refractivity contribution >= 4 is 33.2 Å². The van der Waals surface area contributed by atoms with E-state index in [2.05, 4.69) is 32.4 Å². The van der Waals surface area contributed by atoms with Crippen molar-refractivity contribution in [3.63, 3.8) is 0 Å². The Bertz CT molecular complexity index is 1460. The standard InChI is InChI=1S/C28H34F2N6O3S/c1-19-9-12-35(17-19)18-28(37)10-13-36(14-11-28)40(38,39)23-6-3-21(4-7-23)33-27-31-16-25(30)26(34-27)32-22-5-8-24(29)20(2)15-22/h3-8,15-16,19,37H,9-14,17-18H2,1-2H3,(H2,31,32,33,34)/t19-/m1/s1. The molecule has 12 heteroatoms. The number of nitrogens with one attached hydrogen (secondary N) is 2. The molecule has 0 bridgehead atoms. The van der Waals surface area contributed by atoms with Crippen LogP contribution in [0.3, 0.4) is 0 Å². The van der Waals surface area contributed by atoms with Crippen molar-refractivity contribution in [1.82, 2.24) is 19.2 Å². The van der Waals surface area contributed by atoms with Crippen LogP contribution in [0.15, 0.2) is 53.6 Å². The molecule has 0 amide bonds. The number of rotatable bonds is 8. The average Bonchev–Trinajstić information content (AvgIpc) is 3.32. The zero-order valence-corrected chi connectivity index (χ0v) is 23.4. The molecule has 2 aliphatic rings. The predicted octanol–water partition coefficient (Wildman–Crippen LogP) is 4.41. The molecule has 0 radical (unpaired) electrons. The monoisotopic (exact) mass is 572 g/mol. The maximum absolute atomic E-state index is 14.3. The summed E-state index contributed by atoms with van der Waals surface area (Å²) < 4.78 is 55.8. The van der Waals surface area contributed by atoms with Gasteiger partial charge in [0.1, 0.15) is 5.82 Å². The Hall–Kier alpha value is -3.19. The Balaban J connectivity index is 1.21. The van der Waals surface area contributed by atoms with Crippen molar-refractivity contribution in [3.8, 4) is 0 Å².